The highest BCUT2D eigenvalue weighted by Crippen LogP contribution is 2.27. The van der Waals surface area contributed by atoms with Gasteiger partial charge >= 0.3 is 12.1 Å². The fraction of sp³-hybridized carbons (Fsp3) is 0.571. The van der Waals surface area contributed by atoms with Gasteiger partial charge in [0.2, 0.25) is 5.91 Å². The van der Waals surface area contributed by atoms with E-state index in [0.717, 1.165) is 5.69 Å². The van der Waals surface area contributed by atoms with Gasteiger partial charge in [-0.3, -0.25) is 9.59 Å². The molecule has 1 atom stereocenters. The minimum atomic E-state index is -4.93. The van der Waals surface area contributed by atoms with E-state index < -0.39 is 18.1 Å². The first-order valence-corrected chi connectivity index (χ1v) is 7.18. The molecular weight excluding hydrogens is 299 g/mol. The van der Waals surface area contributed by atoms with Crippen molar-refractivity contribution in [3.05, 3.63) is 24.0 Å². The summed E-state index contributed by atoms with van der Waals surface area (Å²) < 4.78 is 39.9. The number of carbonyl (C=O) groups excluding carboxylic acids is 2. The molecule has 0 bridgehead atoms. The van der Waals surface area contributed by atoms with Crippen molar-refractivity contribution in [3.63, 3.8) is 0 Å². The molecule has 3 rings (SSSR count). The first kappa shape index (κ1) is 14.9. The number of hydrogen-bond acceptors (Lipinski definition) is 2. The van der Waals surface area contributed by atoms with Crippen LogP contribution in [0.3, 0.4) is 0 Å². The average Bonchev–Trinajstić information content (AvgIpc) is 3.12. The van der Waals surface area contributed by atoms with Crippen molar-refractivity contribution in [1.82, 2.24) is 14.4 Å². The summed E-state index contributed by atoms with van der Waals surface area (Å²) in [4.78, 5) is 26.2. The predicted octanol–water partition coefficient (Wildman–Crippen LogP) is 1.38. The Morgan fingerprint density at radius 1 is 1.18 bits per heavy atom. The molecule has 0 aromatic carbocycles. The van der Waals surface area contributed by atoms with Gasteiger partial charge in [-0.25, -0.2) is 0 Å². The Morgan fingerprint density at radius 3 is 2.68 bits per heavy atom. The maximum absolute atomic E-state index is 12.6. The van der Waals surface area contributed by atoms with E-state index in [1.807, 2.05) is 22.9 Å². The van der Waals surface area contributed by atoms with E-state index in [4.69, 9.17) is 0 Å². The van der Waals surface area contributed by atoms with Crippen LogP contribution in [-0.2, 0) is 22.7 Å². The van der Waals surface area contributed by atoms with E-state index in [2.05, 4.69) is 0 Å². The number of amides is 2. The van der Waals surface area contributed by atoms with E-state index >= 15 is 0 Å². The molecule has 1 unspecified atom stereocenters. The van der Waals surface area contributed by atoms with Gasteiger partial charge in [0.15, 0.2) is 0 Å². The number of fused-ring (bicyclic) bond motifs is 1. The summed E-state index contributed by atoms with van der Waals surface area (Å²) >= 11 is 0. The standard InChI is InChI=1S/C14H16F3N3O2/c15-14(16,17)13(22)20-6-2-4-11(20)12(21)19-8-7-18-5-1-3-10(18)9-19/h1,3,5,11H,2,4,6-9H2. The summed E-state index contributed by atoms with van der Waals surface area (Å²) in [6.07, 6.45) is -2.31. The number of aromatic nitrogens is 1. The van der Waals surface area contributed by atoms with Gasteiger partial charge in [-0.15, -0.1) is 0 Å². The molecule has 0 saturated carbocycles. The number of rotatable bonds is 1. The SMILES string of the molecule is O=C(C1CCCN1C(=O)C(F)(F)F)N1CCn2cccc2C1. The third kappa shape index (κ3) is 2.57. The molecule has 2 aliphatic rings. The second-order valence-corrected chi connectivity index (χ2v) is 5.61. The summed E-state index contributed by atoms with van der Waals surface area (Å²) in [6.45, 7) is 1.43. The number of carbonyl (C=O) groups is 2. The lowest BCUT2D eigenvalue weighted by Crippen LogP contribution is -2.52. The van der Waals surface area contributed by atoms with Crippen molar-refractivity contribution in [2.45, 2.75) is 38.1 Å². The molecule has 1 saturated heterocycles. The lowest BCUT2D eigenvalue weighted by molar-refractivity contribution is -0.187. The van der Waals surface area contributed by atoms with E-state index in [1.54, 1.807) is 4.90 Å². The van der Waals surface area contributed by atoms with Crippen LogP contribution in [0, 0.1) is 0 Å². The Labute approximate surface area is 125 Å². The molecule has 5 nitrogen and oxygen atoms in total. The topological polar surface area (TPSA) is 45.6 Å². The first-order valence-electron chi connectivity index (χ1n) is 7.18. The van der Waals surface area contributed by atoms with E-state index in [0.29, 0.717) is 31.0 Å². The Bertz CT molecular complexity index is 596. The second-order valence-electron chi connectivity index (χ2n) is 5.61. The summed E-state index contributed by atoms with van der Waals surface area (Å²) in [5.74, 6) is -2.30. The summed E-state index contributed by atoms with van der Waals surface area (Å²) in [6, 6.07) is 2.76. The van der Waals surface area contributed by atoms with Gasteiger partial charge in [0.05, 0.1) is 6.54 Å². The Balaban J connectivity index is 1.73. The van der Waals surface area contributed by atoms with E-state index in [9.17, 15) is 22.8 Å². The third-order valence-electron chi connectivity index (χ3n) is 4.24. The van der Waals surface area contributed by atoms with E-state index in [1.165, 1.54) is 0 Å². The normalized spacial score (nSPS) is 21.9. The van der Waals surface area contributed by atoms with Gasteiger partial charge in [0, 0.05) is 31.5 Å². The fourth-order valence-corrected chi connectivity index (χ4v) is 3.14. The number of hydrogen-bond donors (Lipinski definition) is 0. The minimum absolute atomic E-state index is 0.0149. The quantitative estimate of drug-likeness (QED) is 0.786. The Kier molecular flexibility index (Phi) is 3.62. The van der Waals surface area contributed by atoms with Gasteiger partial charge in [0.25, 0.3) is 0 Å². The fourth-order valence-electron chi connectivity index (χ4n) is 3.14. The number of halogens is 3. The van der Waals surface area contributed by atoms with Crippen molar-refractivity contribution in [1.29, 1.82) is 0 Å². The van der Waals surface area contributed by atoms with Crippen LogP contribution in [0.4, 0.5) is 13.2 Å². The van der Waals surface area contributed by atoms with E-state index in [-0.39, 0.29) is 18.9 Å². The summed E-state index contributed by atoms with van der Waals surface area (Å²) in [5.41, 5.74) is 0.950. The van der Waals surface area contributed by atoms with Crippen LogP contribution < -0.4 is 0 Å². The average molecular weight is 315 g/mol. The van der Waals surface area contributed by atoms with Crippen LogP contribution in [0.5, 0.6) is 0 Å². The molecule has 1 aromatic rings. The number of alkyl halides is 3. The Morgan fingerprint density at radius 2 is 1.95 bits per heavy atom. The Hall–Kier alpha value is -1.99. The van der Waals surface area contributed by atoms with Crippen molar-refractivity contribution in [2.75, 3.05) is 13.1 Å². The minimum Gasteiger partial charge on any atom is -0.348 e. The number of nitrogens with zero attached hydrogens (tertiary/aromatic N) is 3. The molecule has 22 heavy (non-hydrogen) atoms. The molecule has 120 valence electrons. The summed E-state index contributed by atoms with van der Waals surface area (Å²) in [5, 5.41) is 0. The monoisotopic (exact) mass is 315 g/mol. The third-order valence-corrected chi connectivity index (χ3v) is 4.24. The maximum atomic E-state index is 12.6. The molecule has 3 heterocycles. The van der Waals surface area contributed by atoms with Crippen LogP contribution in [0.25, 0.3) is 0 Å². The van der Waals surface area contributed by atoms with Crippen molar-refractivity contribution in [2.24, 2.45) is 0 Å². The molecular formula is C14H16F3N3O2. The van der Waals surface area contributed by atoms with Crippen LogP contribution in [-0.4, -0.2) is 51.5 Å². The largest absolute Gasteiger partial charge is 0.471 e. The molecule has 1 aromatic heterocycles. The molecule has 0 aliphatic carbocycles. The maximum Gasteiger partial charge on any atom is 0.471 e. The van der Waals surface area contributed by atoms with Gasteiger partial charge < -0.3 is 14.4 Å². The smallest absolute Gasteiger partial charge is 0.348 e. The highest BCUT2D eigenvalue weighted by molar-refractivity contribution is 5.90. The van der Waals surface area contributed by atoms with Gasteiger partial charge in [0.1, 0.15) is 6.04 Å². The highest BCUT2D eigenvalue weighted by Gasteiger charge is 2.48. The molecule has 1 fully saturated rings. The molecule has 8 heteroatoms. The van der Waals surface area contributed by atoms with Crippen LogP contribution in [0.15, 0.2) is 18.3 Å². The van der Waals surface area contributed by atoms with Gasteiger partial charge in [-0.1, -0.05) is 0 Å². The molecule has 2 aliphatic heterocycles. The van der Waals surface area contributed by atoms with Crippen molar-refractivity contribution >= 4 is 11.8 Å². The second kappa shape index (κ2) is 5.33. The molecule has 0 radical (unpaired) electrons. The highest BCUT2D eigenvalue weighted by atomic mass is 19.4. The zero-order valence-corrected chi connectivity index (χ0v) is 11.8. The zero-order chi connectivity index (χ0) is 15.9. The van der Waals surface area contributed by atoms with Gasteiger partial charge in [-0.2, -0.15) is 13.2 Å². The lowest BCUT2D eigenvalue weighted by Gasteiger charge is -2.33. The first-order chi connectivity index (χ1) is 10.4. The molecule has 0 spiro atoms. The van der Waals surface area contributed by atoms with Crippen LogP contribution >= 0.6 is 0 Å². The van der Waals surface area contributed by atoms with Gasteiger partial charge in [-0.05, 0) is 25.0 Å². The predicted molar refractivity (Wildman–Crippen MR) is 70.6 cm³/mol. The molecule has 2 amide bonds. The summed E-state index contributed by atoms with van der Waals surface area (Å²) in [7, 11) is 0. The lowest BCUT2D eigenvalue weighted by atomic mass is 10.1. The molecule has 0 N–H and O–H groups in total. The number of likely N-dealkylation sites (tertiary alicyclic amines) is 1. The van der Waals surface area contributed by atoms with Crippen molar-refractivity contribution in [3.8, 4) is 0 Å². The van der Waals surface area contributed by atoms with Crippen LogP contribution in [0.2, 0.25) is 0 Å². The van der Waals surface area contributed by atoms with Crippen molar-refractivity contribution < 1.29 is 22.8 Å². The van der Waals surface area contributed by atoms with Crippen LogP contribution in [0.1, 0.15) is 18.5 Å². The zero-order valence-electron chi connectivity index (χ0n) is 11.8.